The van der Waals surface area contributed by atoms with Crippen molar-refractivity contribution in [1.29, 1.82) is 5.41 Å². The number of alkyl halides is 6. The van der Waals surface area contributed by atoms with E-state index in [1.165, 1.54) is 24.3 Å². The molecule has 0 aliphatic heterocycles. The fourth-order valence-electron chi connectivity index (χ4n) is 4.42. The van der Waals surface area contributed by atoms with Gasteiger partial charge in [-0.1, -0.05) is 36.4 Å². The number of hydrogen-bond acceptors (Lipinski definition) is 6. The molecular formula is C33H23F6N3O7S. The van der Waals surface area contributed by atoms with Crippen LogP contribution in [0.15, 0.2) is 108 Å². The summed E-state index contributed by atoms with van der Waals surface area (Å²) >= 11 is 0. The van der Waals surface area contributed by atoms with Gasteiger partial charge in [-0.15, -0.1) is 0 Å². The Labute approximate surface area is 278 Å². The molecule has 0 spiro atoms. The van der Waals surface area contributed by atoms with E-state index in [4.69, 9.17) is 25.8 Å². The van der Waals surface area contributed by atoms with Crippen LogP contribution in [0.25, 0.3) is 21.9 Å². The summed E-state index contributed by atoms with van der Waals surface area (Å²) < 4.78 is 105. The summed E-state index contributed by atoms with van der Waals surface area (Å²) in [5.41, 5.74) is 5.60. The molecule has 17 heteroatoms. The molecule has 50 heavy (non-hydrogen) atoms. The number of aliphatic carboxylic acids is 1. The van der Waals surface area contributed by atoms with Gasteiger partial charge in [-0.25, -0.2) is 18.0 Å². The first-order chi connectivity index (χ1) is 23.3. The van der Waals surface area contributed by atoms with Gasteiger partial charge in [0.2, 0.25) is 0 Å². The zero-order valence-electron chi connectivity index (χ0n) is 25.0. The molecule has 5 aromatic carbocycles. The number of carboxylic acid groups (broad SMARTS) is 2. The molecular weight excluding hydrogens is 696 g/mol. The second-order valence-electron chi connectivity index (χ2n) is 10.2. The number of nitrogens with one attached hydrogen (secondary N) is 2. The predicted molar refractivity (Wildman–Crippen MR) is 170 cm³/mol. The van der Waals surface area contributed by atoms with Crippen LogP contribution in [0, 0.1) is 5.41 Å². The van der Waals surface area contributed by atoms with Crippen LogP contribution in [0.5, 0.6) is 11.5 Å². The molecule has 6 N–H and O–H groups in total. The molecule has 0 saturated carbocycles. The number of amidine groups is 1. The van der Waals surface area contributed by atoms with Crippen molar-refractivity contribution in [2.75, 3.05) is 4.72 Å². The summed E-state index contributed by atoms with van der Waals surface area (Å²) in [6.45, 7) is 0. The number of fused-ring (bicyclic) bond motifs is 1. The molecule has 260 valence electrons. The van der Waals surface area contributed by atoms with Crippen LogP contribution in [0.2, 0.25) is 0 Å². The molecule has 5 rings (SSSR count). The summed E-state index contributed by atoms with van der Waals surface area (Å²) in [7, 11) is -4.31. The molecule has 0 unspecified atom stereocenters. The lowest BCUT2D eigenvalue weighted by Gasteiger charge is -2.16. The fourth-order valence-corrected chi connectivity index (χ4v) is 5.47. The highest BCUT2D eigenvalue weighted by molar-refractivity contribution is 7.92. The number of nitrogens with two attached hydrogens (primary N) is 1. The number of anilines is 1. The fraction of sp³-hybridized carbons (Fsp3) is 0.0606. The van der Waals surface area contributed by atoms with Crippen molar-refractivity contribution in [2.24, 2.45) is 5.73 Å². The Kier molecular flexibility index (Phi) is 10.4. The van der Waals surface area contributed by atoms with Gasteiger partial charge in [0, 0.05) is 16.8 Å². The minimum absolute atomic E-state index is 0.0257. The van der Waals surface area contributed by atoms with Crippen LogP contribution in [0.3, 0.4) is 0 Å². The Hall–Kier alpha value is -6.10. The molecule has 0 radical (unpaired) electrons. The summed E-state index contributed by atoms with van der Waals surface area (Å²) in [6, 6.07) is 23.8. The number of hydrogen-bond donors (Lipinski definition) is 5. The van der Waals surface area contributed by atoms with Gasteiger partial charge in [0.1, 0.15) is 17.3 Å². The number of halogens is 6. The number of sulfonamides is 1. The van der Waals surface area contributed by atoms with Crippen molar-refractivity contribution in [3.8, 4) is 22.6 Å². The van der Waals surface area contributed by atoms with E-state index in [-0.39, 0.29) is 34.0 Å². The van der Waals surface area contributed by atoms with Crippen molar-refractivity contribution in [3.63, 3.8) is 0 Å². The number of nitrogen functional groups attached to an aromatic ring is 1. The first kappa shape index (κ1) is 36.7. The third-order valence-electron chi connectivity index (χ3n) is 6.76. The van der Waals surface area contributed by atoms with Gasteiger partial charge >= 0.3 is 24.3 Å². The molecule has 0 saturated heterocycles. The van der Waals surface area contributed by atoms with Crippen LogP contribution in [-0.2, 0) is 21.0 Å². The lowest BCUT2D eigenvalue weighted by Crippen LogP contribution is -2.21. The van der Waals surface area contributed by atoms with Gasteiger partial charge in [0.05, 0.1) is 16.0 Å². The molecule has 0 aliphatic rings. The Morgan fingerprint density at radius 3 is 1.94 bits per heavy atom. The smallest absolute Gasteiger partial charge is 0.478 e. The third kappa shape index (κ3) is 8.87. The number of benzene rings is 5. The monoisotopic (exact) mass is 719 g/mol. The number of carbonyl (C=O) groups is 2. The van der Waals surface area contributed by atoms with E-state index < -0.39 is 44.8 Å². The molecule has 10 nitrogen and oxygen atoms in total. The van der Waals surface area contributed by atoms with Crippen LogP contribution in [0.1, 0.15) is 21.5 Å². The SMILES string of the molecule is N=C(N)c1ccc2cc(Oc3ccc(NS(=O)(=O)c4ccc(C(F)(F)F)cc4)cc3-c3ccccc3C(=O)O)ccc2c1.O=C(O)C(F)(F)F. The van der Waals surface area contributed by atoms with E-state index in [1.807, 2.05) is 0 Å². The maximum Gasteiger partial charge on any atom is 0.490 e. The average molecular weight is 720 g/mol. The highest BCUT2D eigenvalue weighted by Crippen LogP contribution is 2.39. The van der Waals surface area contributed by atoms with Crippen molar-refractivity contribution in [3.05, 3.63) is 120 Å². The van der Waals surface area contributed by atoms with Crippen LogP contribution in [-0.4, -0.2) is 42.6 Å². The van der Waals surface area contributed by atoms with E-state index in [1.54, 1.807) is 54.6 Å². The van der Waals surface area contributed by atoms with Gasteiger partial charge in [0.25, 0.3) is 10.0 Å². The summed E-state index contributed by atoms with van der Waals surface area (Å²) in [4.78, 5) is 20.5. The zero-order valence-corrected chi connectivity index (χ0v) is 25.8. The van der Waals surface area contributed by atoms with E-state index in [2.05, 4.69) is 4.72 Å². The van der Waals surface area contributed by atoms with Gasteiger partial charge < -0.3 is 20.7 Å². The summed E-state index contributed by atoms with van der Waals surface area (Å²) in [6.07, 6.45) is -9.71. The number of carboxylic acids is 2. The highest BCUT2D eigenvalue weighted by Gasteiger charge is 2.38. The molecule has 0 aliphatic carbocycles. The summed E-state index contributed by atoms with van der Waals surface area (Å²) in [5.74, 6) is -3.43. The maximum absolute atomic E-state index is 13.0. The van der Waals surface area contributed by atoms with E-state index in [0.29, 0.717) is 23.4 Å². The molecule has 5 aromatic rings. The Bertz CT molecular complexity index is 2210. The minimum Gasteiger partial charge on any atom is -0.478 e. The van der Waals surface area contributed by atoms with E-state index in [0.717, 1.165) is 22.9 Å². The average Bonchev–Trinajstić information content (AvgIpc) is 3.04. The Morgan fingerprint density at radius 1 is 0.760 bits per heavy atom. The van der Waals surface area contributed by atoms with Crippen molar-refractivity contribution in [1.82, 2.24) is 0 Å². The Balaban J connectivity index is 0.000000727. The van der Waals surface area contributed by atoms with Crippen LogP contribution < -0.4 is 15.2 Å². The topological polar surface area (TPSA) is 180 Å². The first-order valence-corrected chi connectivity index (χ1v) is 15.3. The van der Waals surface area contributed by atoms with Gasteiger partial charge in [-0.05, 0) is 83.1 Å². The van der Waals surface area contributed by atoms with Gasteiger partial charge in [-0.3, -0.25) is 10.1 Å². The first-order valence-electron chi connectivity index (χ1n) is 13.8. The van der Waals surface area contributed by atoms with Crippen LogP contribution >= 0.6 is 0 Å². The highest BCUT2D eigenvalue weighted by atomic mass is 32.2. The van der Waals surface area contributed by atoms with Crippen molar-refractivity contribution < 1.29 is 59.3 Å². The van der Waals surface area contributed by atoms with Crippen LogP contribution in [0.4, 0.5) is 32.0 Å². The molecule has 0 fully saturated rings. The minimum atomic E-state index is -5.08. The predicted octanol–water partition coefficient (Wildman–Crippen LogP) is 7.73. The molecule has 0 aromatic heterocycles. The molecule has 0 atom stereocenters. The lowest BCUT2D eigenvalue weighted by atomic mass is 9.98. The number of aromatic carboxylic acids is 1. The van der Waals surface area contributed by atoms with E-state index in [9.17, 15) is 44.7 Å². The standard InChI is InChI=1S/C31H22F3N3O5S.C2HF3O2/c32-31(33,34)21-8-12-24(13-9-21)43(40,41)37-22-10-14-28(27(17-22)25-3-1-2-4-26(25)30(38)39)42-23-11-7-18-15-20(29(35)36)6-5-19(18)16-23;3-2(4,5)1(6)7/h1-17,37H,(H3,35,36)(H,38,39);(H,6,7). The maximum atomic E-state index is 13.0. The van der Waals surface area contributed by atoms with Crippen molar-refractivity contribution in [2.45, 2.75) is 17.2 Å². The number of ether oxygens (including phenoxy) is 1. The molecule has 0 bridgehead atoms. The zero-order chi connectivity index (χ0) is 37.0. The third-order valence-corrected chi connectivity index (χ3v) is 8.16. The summed E-state index contributed by atoms with van der Waals surface area (Å²) in [5, 5.41) is 26.2. The Morgan fingerprint density at radius 2 is 1.36 bits per heavy atom. The van der Waals surface area contributed by atoms with Crippen molar-refractivity contribution >= 4 is 44.3 Å². The van der Waals surface area contributed by atoms with E-state index >= 15 is 0 Å². The molecule has 0 amide bonds. The molecule has 0 heterocycles. The quantitative estimate of drug-likeness (QED) is 0.0614. The van der Waals surface area contributed by atoms with Gasteiger partial charge in [-0.2, -0.15) is 26.3 Å². The number of rotatable bonds is 8. The largest absolute Gasteiger partial charge is 0.490 e. The second kappa shape index (κ2) is 14.2. The lowest BCUT2D eigenvalue weighted by molar-refractivity contribution is -0.192. The normalized spacial score (nSPS) is 11.6. The second-order valence-corrected chi connectivity index (χ2v) is 11.9. The van der Waals surface area contributed by atoms with Gasteiger partial charge in [0.15, 0.2) is 0 Å².